The highest BCUT2D eigenvalue weighted by atomic mass is 16.5. The van der Waals surface area contributed by atoms with Crippen molar-refractivity contribution >= 4 is 22.8 Å². The normalized spacial score (nSPS) is 10.6. The second kappa shape index (κ2) is 9.17. The average molecular weight is 415 g/mol. The Bertz CT molecular complexity index is 1200. The predicted octanol–water partition coefficient (Wildman–Crippen LogP) is 4.58. The van der Waals surface area contributed by atoms with E-state index in [2.05, 4.69) is 5.32 Å². The molecular formula is C25H21NO5. The topological polar surface area (TPSA) is 77.8 Å². The number of methoxy groups -OCH3 is 1. The summed E-state index contributed by atoms with van der Waals surface area (Å²) < 4.78 is 16.4. The van der Waals surface area contributed by atoms with E-state index < -0.39 is 11.9 Å². The predicted molar refractivity (Wildman–Crippen MR) is 117 cm³/mol. The van der Waals surface area contributed by atoms with E-state index >= 15 is 0 Å². The molecule has 0 aliphatic carbocycles. The van der Waals surface area contributed by atoms with Crippen molar-refractivity contribution in [2.45, 2.75) is 6.61 Å². The first kappa shape index (κ1) is 20.2. The van der Waals surface area contributed by atoms with Crippen LogP contribution in [0.3, 0.4) is 0 Å². The van der Waals surface area contributed by atoms with Crippen molar-refractivity contribution in [2.24, 2.45) is 0 Å². The molecule has 4 rings (SSSR count). The van der Waals surface area contributed by atoms with E-state index in [1.807, 2.05) is 72.8 Å². The van der Waals surface area contributed by atoms with Crippen molar-refractivity contribution in [3.05, 3.63) is 90.2 Å². The molecular weight excluding hydrogens is 394 g/mol. The molecule has 6 nitrogen and oxygen atoms in total. The Hall–Kier alpha value is -4.06. The SMILES string of the molecule is COc1ccc2c(-c3ccccc3)c(C(=O)NCC(=O)OCc3ccccc3)oc2c1. The van der Waals surface area contributed by atoms with Gasteiger partial charge in [0.15, 0.2) is 0 Å². The van der Waals surface area contributed by atoms with Gasteiger partial charge in [0, 0.05) is 17.0 Å². The van der Waals surface area contributed by atoms with Crippen LogP contribution in [0.1, 0.15) is 16.1 Å². The molecule has 1 N–H and O–H groups in total. The summed E-state index contributed by atoms with van der Waals surface area (Å²) in [6, 6.07) is 24.2. The number of rotatable bonds is 7. The van der Waals surface area contributed by atoms with Crippen LogP contribution in [0.2, 0.25) is 0 Å². The van der Waals surface area contributed by atoms with Gasteiger partial charge in [-0.1, -0.05) is 60.7 Å². The smallest absolute Gasteiger partial charge is 0.325 e. The second-order valence-corrected chi connectivity index (χ2v) is 6.86. The quantitative estimate of drug-likeness (QED) is 0.447. The standard InChI is InChI=1S/C25H21NO5/c1-29-19-12-13-20-21(14-19)31-24(23(20)18-10-6-3-7-11-18)25(28)26-15-22(27)30-16-17-8-4-2-5-9-17/h2-14H,15-16H2,1H3,(H,26,28). The van der Waals surface area contributed by atoms with Gasteiger partial charge in [0.25, 0.3) is 5.91 Å². The fourth-order valence-corrected chi connectivity index (χ4v) is 3.28. The van der Waals surface area contributed by atoms with Crippen molar-refractivity contribution in [3.63, 3.8) is 0 Å². The molecule has 4 aromatic rings. The third-order valence-corrected chi connectivity index (χ3v) is 4.80. The fourth-order valence-electron chi connectivity index (χ4n) is 3.28. The molecule has 0 fully saturated rings. The van der Waals surface area contributed by atoms with Crippen LogP contribution in [0.5, 0.6) is 5.75 Å². The molecule has 0 saturated heterocycles. The molecule has 31 heavy (non-hydrogen) atoms. The van der Waals surface area contributed by atoms with Crippen molar-refractivity contribution in [3.8, 4) is 16.9 Å². The van der Waals surface area contributed by atoms with Crippen molar-refractivity contribution in [1.82, 2.24) is 5.32 Å². The van der Waals surface area contributed by atoms with Crippen LogP contribution in [-0.4, -0.2) is 25.5 Å². The molecule has 0 unspecified atom stereocenters. The number of esters is 1. The monoisotopic (exact) mass is 415 g/mol. The summed E-state index contributed by atoms with van der Waals surface area (Å²) in [7, 11) is 1.57. The van der Waals surface area contributed by atoms with Crippen molar-refractivity contribution < 1.29 is 23.5 Å². The molecule has 0 atom stereocenters. The molecule has 0 spiro atoms. The third-order valence-electron chi connectivity index (χ3n) is 4.80. The minimum absolute atomic E-state index is 0.130. The first-order chi connectivity index (χ1) is 15.2. The summed E-state index contributed by atoms with van der Waals surface area (Å²) in [6.45, 7) is -0.116. The zero-order valence-electron chi connectivity index (χ0n) is 17.0. The zero-order chi connectivity index (χ0) is 21.6. The van der Waals surface area contributed by atoms with Crippen LogP contribution in [0.4, 0.5) is 0 Å². The van der Waals surface area contributed by atoms with Crippen LogP contribution in [0.15, 0.2) is 83.3 Å². The summed E-state index contributed by atoms with van der Waals surface area (Å²) in [5, 5.41) is 3.38. The highest BCUT2D eigenvalue weighted by molar-refractivity contribution is 6.08. The Morgan fingerprint density at radius 3 is 2.35 bits per heavy atom. The number of carbonyl (C=O) groups excluding carboxylic acids is 2. The molecule has 0 aliphatic heterocycles. The van der Waals surface area contributed by atoms with E-state index in [9.17, 15) is 9.59 Å². The van der Waals surface area contributed by atoms with E-state index in [-0.39, 0.29) is 18.9 Å². The van der Waals surface area contributed by atoms with Gasteiger partial charge in [-0.3, -0.25) is 9.59 Å². The third kappa shape index (κ3) is 4.59. The van der Waals surface area contributed by atoms with Gasteiger partial charge < -0.3 is 19.2 Å². The molecule has 0 aliphatic rings. The minimum atomic E-state index is -0.531. The number of nitrogens with one attached hydrogen (secondary N) is 1. The number of hydrogen-bond acceptors (Lipinski definition) is 5. The fraction of sp³-hybridized carbons (Fsp3) is 0.120. The number of amides is 1. The Labute approximate surface area is 179 Å². The summed E-state index contributed by atoms with van der Waals surface area (Å²) in [5.41, 5.74) is 2.89. The van der Waals surface area contributed by atoms with E-state index in [0.717, 1.165) is 16.5 Å². The van der Waals surface area contributed by atoms with Crippen molar-refractivity contribution in [2.75, 3.05) is 13.7 Å². The number of carbonyl (C=O) groups is 2. The van der Waals surface area contributed by atoms with Crippen LogP contribution >= 0.6 is 0 Å². The largest absolute Gasteiger partial charge is 0.497 e. The Balaban J connectivity index is 1.53. The lowest BCUT2D eigenvalue weighted by molar-refractivity contribution is -0.143. The molecule has 1 heterocycles. The van der Waals surface area contributed by atoms with Gasteiger partial charge in [-0.25, -0.2) is 0 Å². The van der Waals surface area contributed by atoms with Gasteiger partial charge in [-0.2, -0.15) is 0 Å². The Kier molecular flexibility index (Phi) is 5.98. The minimum Gasteiger partial charge on any atom is -0.497 e. The molecule has 3 aromatic carbocycles. The Morgan fingerprint density at radius 2 is 1.65 bits per heavy atom. The molecule has 0 bridgehead atoms. The van der Waals surface area contributed by atoms with Gasteiger partial charge in [0.2, 0.25) is 5.76 Å². The summed E-state index contributed by atoms with van der Waals surface area (Å²) in [4.78, 5) is 25.0. The van der Waals surface area contributed by atoms with Crippen LogP contribution < -0.4 is 10.1 Å². The number of ether oxygens (including phenoxy) is 2. The molecule has 1 aromatic heterocycles. The van der Waals surface area contributed by atoms with Gasteiger partial charge in [0.1, 0.15) is 24.5 Å². The molecule has 0 radical (unpaired) electrons. The summed E-state index contributed by atoms with van der Waals surface area (Å²) in [6.07, 6.45) is 0. The number of benzene rings is 3. The highest BCUT2D eigenvalue weighted by Gasteiger charge is 2.23. The zero-order valence-corrected chi connectivity index (χ0v) is 17.0. The lowest BCUT2D eigenvalue weighted by atomic mass is 10.0. The van der Waals surface area contributed by atoms with Gasteiger partial charge >= 0.3 is 5.97 Å². The number of fused-ring (bicyclic) bond motifs is 1. The summed E-state index contributed by atoms with van der Waals surface area (Å²) >= 11 is 0. The van der Waals surface area contributed by atoms with Gasteiger partial charge in [0.05, 0.1) is 7.11 Å². The number of furan rings is 1. The molecule has 6 heteroatoms. The molecule has 0 saturated carbocycles. The van der Waals surface area contributed by atoms with Crippen LogP contribution in [0, 0.1) is 0 Å². The average Bonchev–Trinajstić information content (AvgIpc) is 3.21. The van der Waals surface area contributed by atoms with E-state index in [4.69, 9.17) is 13.9 Å². The van der Waals surface area contributed by atoms with Gasteiger partial charge in [-0.05, 0) is 23.3 Å². The van der Waals surface area contributed by atoms with Crippen LogP contribution in [0.25, 0.3) is 22.1 Å². The first-order valence-electron chi connectivity index (χ1n) is 9.79. The lowest BCUT2D eigenvalue weighted by Crippen LogP contribution is -2.30. The maximum atomic E-state index is 12.9. The first-order valence-corrected chi connectivity index (χ1v) is 9.79. The highest BCUT2D eigenvalue weighted by Crippen LogP contribution is 2.36. The maximum Gasteiger partial charge on any atom is 0.325 e. The Morgan fingerprint density at radius 1 is 0.935 bits per heavy atom. The van der Waals surface area contributed by atoms with Crippen molar-refractivity contribution in [1.29, 1.82) is 0 Å². The summed E-state index contributed by atoms with van der Waals surface area (Å²) in [5.74, 6) is -0.274. The number of hydrogen-bond donors (Lipinski definition) is 1. The molecule has 1 amide bonds. The van der Waals surface area contributed by atoms with Crippen LogP contribution in [-0.2, 0) is 16.1 Å². The van der Waals surface area contributed by atoms with E-state index in [1.54, 1.807) is 13.2 Å². The second-order valence-electron chi connectivity index (χ2n) is 6.86. The lowest BCUT2D eigenvalue weighted by Gasteiger charge is -2.07. The maximum absolute atomic E-state index is 12.9. The van der Waals surface area contributed by atoms with E-state index in [1.165, 1.54) is 0 Å². The van der Waals surface area contributed by atoms with E-state index in [0.29, 0.717) is 16.9 Å². The van der Waals surface area contributed by atoms with Gasteiger partial charge in [-0.15, -0.1) is 0 Å². The molecule has 156 valence electrons.